The number of rotatable bonds is 2. The molecule has 7 heteroatoms. The quantitative estimate of drug-likeness (QED) is 0.507. The van der Waals surface area contributed by atoms with E-state index in [1.54, 1.807) is 41.0 Å². The highest BCUT2D eigenvalue weighted by Crippen LogP contribution is 2.46. The molecule has 0 bridgehead atoms. The van der Waals surface area contributed by atoms with E-state index in [0.717, 1.165) is 11.3 Å². The van der Waals surface area contributed by atoms with E-state index < -0.39 is 11.7 Å². The number of methoxy groups -OCH3 is 1. The Balaban J connectivity index is 1.64. The molecule has 1 amide bonds. The van der Waals surface area contributed by atoms with Gasteiger partial charge in [-0.25, -0.2) is 4.68 Å². The van der Waals surface area contributed by atoms with Crippen molar-refractivity contribution >= 4 is 11.6 Å². The number of carbonyl (C=O) groups is 1. The summed E-state index contributed by atoms with van der Waals surface area (Å²) in [7, 11) is 1.59. The molecule has 0 spiro atoms. The molecule has 0 saturated carbocycles. The fraction of sp³-hybridized carbons (Fsp3) is 0.0833. The number of amides is 1. The van der Waals surface area contributed by atoms with Gasteiger partial charge in [0.05, 0.1) is 12.8 Å². The van der Waals surface area contributed by atoms with Gasteiger partial charge in [-0.1, -0.05) is 30.3 Å². The zero-order valence-electron chi connectivity index (χ0n) is 16.5. The molecule has 2 aliphatic heterocycles. The van der Waals surface area contributed by atoms with Gasteiger partial charge in [-0.2, -0.15) is 10.1 Å². The number of para-hydroxylation sites is 1. The molecule has 0 saturated heterocycles. The van der Waals surface area contributed by atoms with Crippen molar-refractivity contribution in [3.63, 3.8) is 0 Å². The lowest BCUT2D eigenvalue weighted by Crippen LogP contribution is -2.39. The summed E-state index contributed by atoms with van der Waals surface area (Å²) in [5.74, 6) is 1.04. The standard InChI is InChI=1S/C24H16N4O3/c1-31-15-12-10-14(11-13-15)20-22(29)25-21-18-8-4-5-9-19(18)27-23(28(21)26-20)16-6-2-3-7-17(16)24(27)30/h2-13,23H,1H3/t23-/m0/s1. The van der Waals surface area contributed by atoms with Gasteiger partial charge in [0, 0.05) is 22.3 Å². The smallest absolute Gasteiger partial charge is 0.300 e. The molecule has 3 heterocycles. The van der Waals surface area contributed by atoms with Crippen LogP contribution in [0.15, 0.2) is 77.6 Å². The summed E-state index contributed by atoms with van der Waals surface area (Å²) in [6.07, 6.45) is -0.501. The lowest BCUT2D eigenvalue weighted by Gasteiger charge is -2.34. The molecule has 0 radical (unpaired) electrons. The Morgan fingerprint density at radius 2 is 1.58 bits per heavy atom. The first-order valence-corrected chi connectivity index (χ1v) is 9.84. The van der Waals surface area contributed by atoms with Gasteiger partial charge < -0.3 is 4.74 Å². The average Bonchev–Trinajstić information content (AvgIpc) is 3.12. The van der Waals surface area contributed by atoms with E-state index in [0.29, 0.717) is 28.3 Å². The van der Waals surface area contributed by atoms with E-state index in [4.69, 9.17) is 9.84 Å². The molecule has 4 aromatic rings. The van der Waals surface area contributed by atoms with Crippen molar-refractivity contribution in [2.45, 2.75) is 6.17 Å². The molecular formula is C24H16N4O3. The van der Waals surface area contributed by atoms with Crippen molar-refractivity contribution in [1.29, 1.82) is 0 Å². The van der Waals surface area contributed by atoms with Crippen molar-refractivity contribution in [3.8, 4) is 28.4 Å². The van der Waals surface area contributed by atoms with Gasteiger partial charge in [0.1, 0.15) is 5.75 Å². The fourth-order valence-electron chi connectivity index (χ4n) is 4.33. The van der Waals surface area contributed by atoms with E-state index in [-0.39, 0.29) is 11.6 Å². The minimum absolute atomic E-state index is 0.0924. The summed E-state index contributed by atoms with van der Waals surface area (Å²) in [6, 6.07) is 22.1. The summed E-state index contributed by atoms with van der Waals surface area (Å²) in [4.78, 5) is 32.4. The van der Waals surface area contributed by atoms with Crippen LogP contribution in [0.2, 0.25) is 0 Å². The van der Waals surface area contributed by atoms with E-state index in [1.165, 1.54) is 0 Å². The monoisotopic (exact) mass is 408 g/mol. The van der Waals surface area contributed by atoms with Gasteiger partial charge in [-0.15, -0.1) is 0 Å². The third-order valence-electron chi connectivity index (χ3n) is 5.77. The first kappa shape index (κ1) is 17.6. The first-order valence-electron chi connectivity index (χ1n) is 9.84. The highest BCUT2D eigenvalue weighted by molar-refractivity contribution is 6.13. The van der Waals surface area contributed by atoms with Crippen LogP contribution in [0.25, 0.3) is 22.6 Å². The van der Waals surface area contributed by atoms with Crippen LogP contribution in [-0.4, -0.2) is 27.8 Å². The van der Waals surface area contributed by atoms with Crippen LogP contribution >= 0.6 is 0 Å². The number of hydrogen-bond acceptors (Lipinski definition) is 5. The van der Waals surface area contributed by atoms with Crippen LogP contribution in [-0.2, 0) is 0 Å². The van der Waals surface area contributed by atoms with Gasteiger partial charge in [0.15, 0.2) is 17.7 Å². The Kier molecular flexibility index (Phi) is 3.61. The van der Waals surface area contributed by atoms with Gasteiger partial charge in [-0.3, -0.25) is 14.5 Å². The molecule has 6 rings (SSSR count). The largest absolute Gasteiger partial charge is 0.497 e. The maximum absolute atomic E-state index is 13.3. The number of carbonyl (C=O) groups excluding carboxylic acids is 1. The van der Waals surface area contributed by atoms with Crippen molar-refractivity contribution in [1.82, 2.24) is 14.8 Å². The Bertz CT molecular complexity index is 1430. The molecule has 0 unspecified atom stereocenters. The maximum Gasteiger partial charge on any atom is 0.300 e. The number of benzene rings is 3. The lowest BCUT2D eigenvalue weighted by molar-refractivity contribution is 0.0986. The fourth-order valence-corrected chi connectivity index (χ4v) is 4.33. The minimum Gasteiger partial charge on any atom is -0.497 e. The summed E-state index contributed by atoms with van der Waals surface area (Å²) < 4.78 is 6.90. The van der Waals surface area contributed by atoms with Crippen molar-refractivity contribution in [3.05, 3.63) is 94.3 Å². The van der Waals surface area contributed by atoms with Gasteiger partial charge in [-0.05, 0) is 42.5 Å². The molecule has 0 aliphatic carbocycles. The number of anilines is 1. The average molecular weight is 408 g/mol. The van der Waals surface area contributed by atoms with Crippen LogP contribution in [0, 0.1) is 0 Å². The van der Waals surface area contributed by atoms with Gasteiger partial charge in [0.2, 0.25) is 0 Å². The summed E-state index contributed by atoms with van der Waals surface area (Å²) >= 11 is 0. The molecule has 1 aromatic heterocycles. The zero-order chi connectivity index (χ0) is 21.1. The summed E-state index contributed by atoms with van der Waals surface area (Å²) in [5.41, 5.74) is 3.32. The topological polar surface area (TPSA) is 77.3 Å². The number of hydrogen-bond donors (Lipinski definition) is 0. The first-order chi connectivity index (χ1) is 15.2. The van der Waals surface area contributed by atoms with E-state index >= 15 is 0 Å². The number of fused-ring (bicyclic) bond motifs is 8. The van der Waals surface area contributed by atoms with Crippen LogP contribution in [0.4, 0.5) is 5.69 Å². The van der Waals surface area contributed by atoms with Gasteiger partial charge >= 0.3 is 0 Å². The Hall–Kier alpha value is -4.26. The number of ether oxygens (including phenoxy) is 1. The molecule has 0 N–H and O–H groups in total. The molecule has 1 atom stereocenters. The molecule has 3 aromatic carbocycles. The number of aromatic nitrogens is 3. The minimum atomic E-state index is -0.501. The highest BCUT2D eigenvalue weighted by atomic mass is 16.5. The molecule has 7 nitrogen and oxygen atoms in total. The predicted octanol–water partition coefficient (Wildman–Crippen LogP) is 3.50. The van der Waals surface area contributed by atoms with Gasteiger partial charge in [0.25, 0.3) is 11.5 Å². The Labute approximate surface area is 177 Å². The predicted molar refractivity (Wildman–Crippen MR) is 115 cm³/mol. The van der Waals surface area contributed by atoms with Crippen LogP contribution in [0.1, 0.15) is 22.1 Å². The third-order valence-corrected chi connectivity index (χ3v) is 5.77. The van der Waals surface area contributed by atoms with Crippen LogP contribution < -0.4 is 15.2 Å². The Morgan fingerprint density at radius 3 is 2.35 bits per heavy atom. The Morgan fingerprint density at radius 1 is 0.871 bits per heavy atom. The van der Waals surface area contributed by atoms with E-state index in [2.05, 4.69) is 4.98 Å². The second kappa shape index (κ2) is 6.37. The normalized spacial score (nSPS) is 15.7. The van der Waals surface area contributed by atoms with E-state index in [9.17, 15) is 9.59 Å². The molecule has 0 fully saturated rings. The second-order valence-electron chi connectivity index (χ2n) is 7.42. The molecule has 31 heavy (non-hydrogen) atoms. The molecule has 2 aliphatic rings. The molecule has 150 valence electrons. The highest BCUT2D eigenvalue weighted by Gasteiger charge is 2.44. The van der Waals surface area contributed by atoms with Crippen LogP contribution in [0.3, 0.4) is 0 Å². The second-order valence-corrected chi connectivity index (χ2v) is 7.42. The summed E-state index contributed by atoms with van der Waals surface area (Å²) in [5, 5.41) is 4.72. The maximum atomic E-state index is 13.3. The third kappa shape index (κ3) is 2.40. The van der Waals surface area contributed by atoms with Crippen molar-refractivity contribution < 1.29 is 9.53 Å². The van der Waals surface area contributed by atoms with Crippen molar-refractivity contribution in [2.75, 3.05) is 12.0 Å². The summed E-state index contributed by atoms with van der Waals surface area (Å²) in [6.45, 7) is 0. The van der Waals surface area contributed by atoms with Crippen molar-refractivity contribution in [2.24, 2.45) is 0 Å². The molecular weight excluding hydrogens is 392 g/mol. The van der Waals surface area contributed by atoms with Crippen LogP contribution in [0.5, 0.6) is 5.75 Å². The van der Waals surface area contributed by atoms with E-state index in [1.807, 2.05) is 48.5 Å². The SMILES string of the molecule is COc1ccc(-c2nn3c(nc2=O)-c2ccccc2N2C(=O)c4ccccc4[C@@H]23)cc1. The number of nitrogens with zero attached hydrogens (tertiary/aromatic N) is 4. The lowest BCUT2D eigenvalue weighted by atomic mass is 10.1. The zero-order valence-corrected chi connectivity index (χ0v) is 16.5.